The van der Waals surface area contributed by atoms with Crippen molar-refractivity contribution < 1.29 is 29.6 Å². The number of amides is 1. The van der Waals surface area contributed by atoms with Crippen LogP contribution in [0.3, 0.4) is 0 Å². The second-order valence-electron chi connectivity index (χ2n) is 10.3. The lowest BCUT2D eigenvalue weighted by Crippen LogP contribution is -2.67. The monoisotopic (exact) mass is 559 g/mol. The number of fused-ring (bicyclic) bond motifs is 1. The van der Waals surface area contributed by atoms with Crippen LogP contribution in [0.5, 0.6) is 0 Å². The second kappa shape index (κ2) is 11.9. The van der Waals surface area contributed by atoms with Gasteiger partial charge in [-0.3, -0.25) is 9.69 Å². The Morgan fingerprint density at radius 1 is 1.41 bits per heavy atom. The number of nitrogens with one attached hydrogen (secondary N) is 2. The van der Waals surface area contributed by atoms with Crippen molar-refractivity contribution in [3.8, 4) is 0 Å². The number of carbonyl (C=O) groups is 1. The molecule has 1 aromatic heterocycles. The van der Waals surface area contributed by atoms with Gasteiger partial charge in [-0.05, 0) is 37.8 Å². The van der Waals surface area contributed by atoms with Gasteiger partial charge in [0.05, 0.1) is 24.1 Å². The quantitative estimate of drug-likeness (QED) is 0.230. The second-order valence-corrected chi connectivity index (χ2v) is 11.9. The minimum Gasteiger partial charge on any atom is -0.388 e. The zero-order chi connectivity index (χ0) is 26.9. The number of hydrogen-bond donors (Lipinski definition) is 6. The van der Waals surface area contributed by atoms with Crippen LogP contribution in [0.1, 0.15) is 19.4 Å². The highest BCUT2D eigenvalue weighted by molar-refractivity contribution is 7.99. The zero-order valence-electron chi connectivity index (χ0n) is 21.3. The fraction of sp³-hybridized carbons (Fsp3) is 0.750. The highest BCUT2D eigenvalue weighted by Crippen LogP contribution is 2.33. The standard InChI is InChI=1S/C24H38ClN5O6S/c1-12(25)16(20-18(32)17(31)19(33)22(36-20)37-3)29-23(34)24(2)21-14(9-28-24)11-30(6-7-35-21)10-13-4-5-27-15(26)8-13/h4-5,8,12,14,16-22,28,31-33H,6-7,9-11H2,1-3H3,(H2,26,27)(H,29,34)/t12-,14+,16+,17?,18?,19+,20+,21+,22?,24-/m0/s1. The summed E-state index contributed by atoms with van der Waals surface area (Å²) >= 11 is 7.66. The highest BCUT2D eigenvalue weighted by Gasteiger charge is 2.54. The molecule has 0 aliphatic carbocycles. The van der Waals surface area contributed by atoms with Gasteiger partial charge in [0.25, 0.3) is 0 Å². The van der Waals surface area contributed by atoms with E-state index in [0.717, 1.165) is 12.1 Å². The maximum atomic E-state index is 13.7. The number of aliphatic hydroxyl groups excluding tert-OH is 3. The molecule has 1 amide bonds. The summed E-state index contributed by atoms with van der Waals surface area (Å²) in [6.07, 6.45) is -2.07. The first-order valence-corrected chi connectivity index (χ1v) is 14.2. The van der Waals surface area contributed by atoms with E-state index >= 15 is 0 Å². The molecule has 3 unspecified atom stereocenters. The number of hydrogen-bond acceptors (Lipinski definition) is 11. The molecule has 3 aliphatic rings. The number of thioether (sulfide) groups is 1. The average Bonchev–Trinajstić information content (AvgIpc) is 3.03. The molecule has 1 aromatic rings. The number of rotatable bonds is 7. The Morgan fingerprint density at radius 2 is 2.16 bits per heavy atom. The van der Waals surface area contributed by atoms with Gasteiger partial charge < -0.3 is 41.2 Å². The lowest BCUT2D eigenvalue weighted by molar-refractivity contribution is -0.205. The predicted octanol–water partition coefficient (Wildman–Crippen LogP) is -0.875. The van der Waals surface area contributed by atoms with Crippen LogP contribution in [0.15, 0.2) is 18.3 Å². The number of anilines is 1. The summed E-state index contributed by atoms with van der Waals surface area (Å²) in [7, 11) is 0. The van der Waals surface area contributed by atoms with Crippen molar-refractivity contribution in [3.05, 3.63) is 23.9 Å². The highest BCUT2D eigenvalue weighted by atomic mass is 35.5. The Hall–Kier alpha value is -1.22. The smallest absolute Gasteiger partial charge is 0.243 e. The molecular formula is C24H38ClN5O6S. The molecule has 13 heteroatoms. The van der Waals surface area contributed by atoms with E-state index < -0.39 is 46.8 Å². The molecule has 4 heterocycles. The molecule has 7 N–H and O–H groups in total. The molecule has 0 radical (unpaired) electrons. The molecule has 0 bridgehead atoms. The van der Waals surface area contributed by atoms with E-state index in [2.05, 4.69) is 20.5 Å². The molecule has 0 saturated carbocycles. The van der Waals surface area contributed by atoms with Crippen LogP contribution >= 0.6 is 23.4 Å². The lowest BCUT2D eigenvalue weighted by Gasteiger charge is -2.44. The normalized spacial score (nSPS) is 38.4. The first-order chi connectivity index (χ1) is 17.5. The van der Waals surface area contributed by atoms with Crippen molar-refractivity contribution in [1.29, 1.82) is 0 Å². The topological polar surface area (TPSA) is 162 Å². The van der Waals surface area contributed by atoms with Crippen molar-refractivity contribution in [2.45, 2.75) is 73.3 Å². The van der Waals surface area contributed by atoms with Crippen LogP contribution in [-0.2, 0) is 20.8 Å². The predicted molar refractivity (Wildman–Crippen MR) is 141 cm³/mol. The third-order valence-corrected chi connectivity index (χ3v) is 8.76. The number of nitrogen functional groups attached to an aromatic ring is 1. The van der Waals surface area contributed by atoms with Crippen LogP contribution in [0.2, 0.25) is 0 Å². The molecule has 0 spiro atoms. The number of nitrogens with two attached hydrogens (primary N) is 1. The van der Waals surface area contributed by atoms with Gasteiger partial charge in [0.2, 0.25) is 5.91 Å². The molecule has 4 rings (SSSR count). The van der Waals surface area contributed by atoms with Gasteiger partial charge in [0, 0.05) is 38.3 Å². The van der Waals surface area contributed by atoms with Gasteiger partial charge in [0.1, 0.15) is 41.2 Å². The molecular weight excluding hydrogens is 522 g/mol. The SMILES string of the molecule is CSC1O[C@H]([C@H](NC(=O)[C@@]2(C)NC[C@@H]3CN(Cc4ccnc(N)c4)CCO[C@H]32)[C@H](C)Cl)C(O)C(O)[C@H]1O. The van der Waals surface area contributed by atoms with Gasteiger partial charge in [-0.1, -0.05) is 0 Å². The number of ether oxygens (including phenoxy) is 2. The minimum absolute atomic E-state index is 0.0682. The summed E-state index contributed by atoms with van der Waals surface area (Å²) in [4.78, 5) is 20.0. The van der Waals surface area contributed by atoms with Crippen molar-refractivity contribution >= 4 is 35.1 Å². The number of alkyl halides is 1. The average molecular weight is 560 g/mol. The summed E-state index contributed by atoms with van der Waals surface area (Å²) in [5, 5.41) is 36.9. The fourth-order valence-electron chi connectivity index (χ4n) is 5.55. The number of pyridine rings is 1. The van der Waals surface area contributed by atoms with Gasteiger partial charge in [-0.2, -0.15) is 0 Å². The van der Waals surface area contributed by atoms with Crippen molar-refractivity contribution in [3.63, 3.8) is 0 Å². The fourth-order valence-corrected chi connectivity index (χ4v) is 6.43. The van der Waals surface area contributed by atoms with E-state index in [4.69, 9.17) is 26.8 Å². The van der Waals surface area contributed by atoms with E-state index in [1.807, 2.05) is 19.1 Å². The number of aliphatic hydroxyl groups is 3. The van der Waals surface area contributed by atoms with E-state index in [1.54, 1.807) is 19.4 Å². The molecule has 208 valence electrons. The molecule has 3 saturated heterocycles. The van der Waals surface area contributed by atoms with Crippen LogP contribution in [0.4, 0.5) is 5.82 Å². The van der Waals surface area contributed by atoms with Crippen LogP contribution in [-0.4, -0.2) is 117 Å². The number of carbonyl (C=O) groups excluding carboxylic acids is 1. The van der Waals surface area contributed by atoms with E-state index in [9.17, 15) is 20.1 Å². The van der Waals surface area contributed by atoms with Crippen LogP contribution in [0, 0.1) is 5.92 Å². The minimum atomic E-state index is -1.43. The van der Waals surface area contributed by atoms with E-state index in [0.29, 0.717) is 32.1 Å². The molecule has 0 aromatic carbocycles. The summed E-state index contributed by atoms with van der Waals surface area (Å²) in [5.74, 6) is 0.220. The zero-order valence-corrected chi connectivity index (χ0v) is 22.9. The first kappa shape index (κ1) is 28.8. The number of halogens is 1. The van der Waals surface area contributed by atoms with Crippen LogP contribution in [0.25, 0.3) is 0 Å². The Labute approximate surface area is 226 Å². The lowest BCUT2D eigenvalue weighted by atomic mass is 9.88. The van der Waals surface area contributed by atoms with Crippen LogP contribution < -0.4 is 16.4 Å². The van der Waals surface area contributed by atoms with E-state index in [1.165, 1.54) is 11.8 Å². The maximum Gasteiger partial charge on any atom is 0.243 e. The Kier molecular flexibility index (Phi) is 9.25. The summed E-state index contributed by atoms with van der Waals surface area (Å²) < 4.78 is 12.1. The van der Waals surface area contributed by atoms with Gasteiger partial charge in [0.15, 0.2) is 0 Å². The molecule has 3 fully saturated rings. The molecule has 37 heavy (non-hydrogen) atoms. The summed E-state index contributed by atoms with van der Waals surface area (Å²) in [5.41, 5.74) is 5.09. The first-order valence-electron chi connectivity index (χ1n) is 12.5. The van der Waals surface area contributed by atoms with Crippen molar-refractivity contribution in [2.24, 2.45) is 5.92 Å². The maximum absolute atomic E-state index is 13.7. The number of aromatic nitrogens is 1. The summed E-state index contributed by atoms with van der Waals surface area (Å²) in [6.45, 7) is 6.71. The van der Waals surface area contributed by atoms with Crippen molar-refractivity contribution in [1.82, 2.24) is 20.5 Å². The molecule has 11 nitrogen and oxygen atoms in total. The molecule has 3 aliphatic heterocycles. The summed E-state index contributed by atoms with van der Waals surface area (Å²) in [6, 6.07) is 2.98. The van der Waals surface area contributed by atoms with Gasteiger partial charge in [-0.25, -0.2) is 4.98 Å². The Balaban J connectivity index is 1.45. The largest absolute Gasteiger partial charge is 0.388 e. The van der Waals surface area contributed by atoms with Gasteiger partial charge in [-0.15, -0.1) is 23.4 Å². The third kappa shape index (κ3) is 6.02. The van der Waals surface area contributed by atoms with E-state index in [-0.39, 0.29) is 17.9 Å². The number of nitrogens with zero attached hydrogens (tertiary/aromatic N) is 2. The third-order valence-electron chi connectivity index (χ3n) is 7.64. The van der Waals surface area contributed by atoms with Gasteiger partial charge >= 0.3 is 0 Å². The molecule has 10 atom stereocenters. The Bertz CT molecular complexity index is 947. The van der Waals surface area contributed by atoms with Crippen molar-refractivity contribution in [2.75, 3.05) is 38.2 Å². The Morgan fingerprint density at radius 3 is 2.84 bits per heavy atom.